The van der Waals surface area contributed by atoms with E-state index in [4.69, 9.17) is 0 Å². The summed E-state index contributed by atoms with van der Waals surface area (Å²) in [5.41, 5.74) is 1.55. The summed E-state index contributed by atoms with van der Waals surface area (Å²) < 4.78 is 1.15. The summed E-state index contributed by atoms with van der Waals surface area (Å²) in [6, 6.07) is 15.5. The van der Waals surface area contributed by atoms with Crippen LogP contribution in [0.2, 0.25) is 0 Å². The lowest BCUT2D eigenvalue weighted by Gasteiger charge is -2.11. The standard InChI is InChI=1S/C16H16INOS/c1-11(2)20-15-6-4-3-5-14(15)16(19)18-13-9-7-12(17)8-10-13/h3-11H,1-2H3,(H,18,19). The Bertz CT molecular complexity index is 596. The molecule has 2 nitrogen and oxygen atoms in total. The Morgan fingerprint density at radius 3 is 2.40 bits per heavy atom. The van der Waals surface area contributed by atoms with Gasteiger partial charge in [-0.2, -0.15) is 0 Å². The second-order valence-corrected chi connectivity index (χ2v) is 7.49. The van der Waals surface area contributed by atoms with Crippen LogP contribution in [0.5, 0.6) is 0 Å². The third kappa shape index (κ3) is 4.24. The third-order valence-corrected chi connectivity index (χ3v) is 4.40. The Hall–Kier alpha value is -1.01. The van der Waals surface area contributed by atoms with Crippen molar-refractivity contribution in [2.24, 2.45) is 0 Å². The Balaban J connectivity index is 2.18. The maximum absolute atomic E-state index is 12.4. The molecule has 0 fully saturated rings. The normalized spacial score (nSPS) is 10.6. The first-order valence-electron chi connectivity index (χ1n) is 6.39. The Morgan fingerprint density at radius 1 is 1.10 bits per heavy atom. The number of halogens is 1. The first-order chi connectivity index (χ1) is 9.56. The molecule has 1 N–H and O–H groups in total. The van der Waals surface area contributed by atoms with Gasteiger partial charge in [-0.25, -0.2) is 0 Å². The van der Waals surface area contributed by atoms with Crippen LogP contribution in [-0.2, 0) is 0 Å². The van der Waals surface area contributed by atoms with Gasteiger partial charge in [0.15, 0.2) is 0 Å². The molecule has 0 aliphatic rings. The average Bonchev–Trinajstić information content (AvgIpc) is 2.41. The highest BCUT2D eigenvalue weighted by Crippen LogP contribution is 2.27. The van der Waals surface area contributed by atoms with Crippen LogP contribution < -0.4 is 5.32 Å². The first-order valence-corrected chi connectivity index (χ1v) is 8.34. The molecule has 0 saturated heterocycles. The van der Waals surface area contributed by atoms with Gasteiger partial charge in [-0.05, 0) is 59.0 Å². The van der Waals surface area contributed by atoms with E-state index in [2.05, 4.69) is 41.8 Å². The maximum Gasteiger partial charge on any atom is 0.256 e. The van der Waals surface area contributed by atoms with E-state index in [0.717, 1.165) is 19.7 Å². The molecular formula is C16H16INOS. The number of thioether (sulfide) groups is 1. The minimum atomic E-state index is -0.0602. The van der Waals surface area contributed by atoms with E-state index in [1.165, 1.54) is 0 Å². The van der Waals surface area contributed by atoms with Crippen LogP contribution in [-0.4, -0.2) is 11.2 Å². The first kappa shape index (κ1) is 15.4. The summed E-state index contributed by atoms with van der Waals surface area (Å²) in [5, 5.41) is 3.39. The van der Waals surface area contributed by atoms with E-state index in [-0.39, 0.29) is 5.91 Å². The van der Waals surface area contributed by atoms with E-state index in [1.807, 2.05) is 48.5 Å². The number of hydrogen-bond acceptors (Lipinski definition) is 2. The highest BCUT2D eigenvalue weighted by atomic mass is 127. The fraction of sp³-hybridized carbons (Fsp3) is 0.188. The number of carbonyl (C=O) groups is 1. The molecule has 0 bridgehead atoms. The SMILES string of the molecule is CC(C)Sc1ccccc1C(=O)Nc1ccc(I)cc1. The lowest BCUT2D eigenvalue weighted by Crippen LogP contribution is -2.13. The van der Waals surface area contributed by atoms with Crippen LogP contribution in [0, 0.1) is 3.57 Å². The summed E-state index contributed by atoms with van der Waals surface area (Å²) in [7, 11) is 0. The van der Waals surface area contributed by atoms with E-state index in [0.29, 0.717) is 5.25 Å². The highest BCUT2D eigenvalue weighted by Gasteiger charge is 2.12. The van der Waals surface area contributed by atoms with Gasteiger partial charge in [0.25, 0.3) is 5.91 Å². The molecule has 2 aromatic carbocycles. The summed E-state index contributed by atoms with van der Waals surface area (Å²) in [6.45, 7) is 4.25. The predicted molar refractivity (Wildman–Crippen MR) is 94.5 cm³/mol. The van der Waals surface area contributed by atoms with E-state index >= 15 is 0 Å². The van der Waals surface area contributed by atoms with Crippen LogP contribution in [0.25, 0.3) is 0 Å². The van der Waals surface area contributed by atoms with Crippen molar-refractivity contribution in [3.05, 3.63) is 57.7 Å². The third-order valence-electron chi connectivity index (χ3n) is 2.60. The minimum Gasteiger partial charge on any atom is -0.322 e. The van der Waals surface area contributed by atoms with Gasteiger partial charge in [0.2, 0.25) is 0 Å². The van der Waals surface area contributed by atoms with Crippen LogP contribution >= 0.6 is 34.4 Å². The smallest absolute Gasteiger partial charge is 0.256 e. The number of nitrogens with one attached hydrogen (secondary N) is 1. The van der Waals surface area contributed by atoms with Gasteiger partial charge in [-0.15, -0.1) is 11.8 Å². The Morgan fingerprint density at radius 2 is 1.75 bits per heavy atom. The molecule has 0 atom stereocenters. The quantitative estimate of drug-likeness (QED) is 0.578. The summed E-state index contributed by atoms with van der Waals surface area (Å²) in [5.74, 6) is -0.0602. The molecule has 104 valence electrons. The summed E-state index contributed by atoms with van der Waals surface area (Å²) in [6.07, 6.45) is 0. The molecule has 0 spiro atoms. The van der Waals surface area contributed by atoms with E-state index < -0.39 is 0 Å². The van der Waals surface area contributed by atoms with Crippen LogP contribution in [0.4, 0.5) is 5.69 Å². The fourth-order valence-electron chi connectivity index (χ4n) is 1.74. The lowest BCUT2D eigenvalue weighted by atomic mass is 10.2. The number of rotatable bonds is 4. The fourth-order valence-corrected chi connectivity index (χ4v) is 3.05. The number of hydrogen-bond donors (Lipinski definition) is 1. The van der Waals surface area contributed by atoms with Gasteiger partial charge < -0.3 is 5.32 Å². The molecule has 1 amide bonds. The monoisotopic (exact) mass is 397 g/mol. The van der Waals surface area contributed by atoms with Gasteiger partial charge in [-0.1, -0.05) is 26.0 Å². The second-order valence-electron chi connectivity index (χ2n) is 4.62. The van der Waals surface area contributed by atoms with Crippen molar-refractivity contribution in [2.75, 3.05) is 5.32 Å². The molecule has 0 aliphatic carbocycles. The van der Waals surface area contributed by atoms with Gasteiger partial charge in [0.05, 0.1) is 5.56 Å². The Labute approximate surface area is 137 Å². The summed E-state index contributed by atoms with van der Waals surface area (Å²) >= 11 is 3.95. The molecule has 0 radical (unpaired) electrons. The van der Waals surface area contributed by atoms with Crippen LogP contribution in [0.3, 0.4) is 0 Å². The summed E-state index contributed by atoms with van der Waals surface area (Å²) in [4.78, 5) is 13.4. The Kier molecular flexibility index (Phi) is 5.48. The van der Waals surface area contributed by atoms with Gasteiger partial charge in [-0.3, -0.25) is 4.79 Å². The zero-order valence-corrected chi connectivity index (χ0v) is 14.4. The molecule has 0 saturated carbocycles. The largest absolute Gasteiger partial charge is 0.322 e. The number of carbonyl (C=O) groups excluding carboxylic acids is 1. The van der Waals surface area contributed by atoms with Crippen molar-refractivity contribution in [3.8, 4) is 0 Å². The van der Waals surface area contributed by atoms with Crippen molar-refractivity contribution < 1.29 is 4.79 Å². The topological polar surface area (TPSA) is 29.1 Å². The van der Waals surface area contributed by atoms with Crippen LogP contribution in [0.15, 0.2) is 53.4 Å². The number of anilines is 1. The molecule has 0 unspecified atom stereocenters. The van der Waals surface area contributed by atoms with E-state index in [1.54, 1.807) is 11.8 Å². The van der Waals surface area contributed by atoms with Crippen molar-refractivity contribution in [3.63, 3.8) is 0 Å². The molecule has 0 heterocycles. The zero-order chi connectivity index (χ0) is 14.5. The molecule has 2 rings (SSSR count). The van der Waals surface area contributed by atoms with Gasteiger partial charge >= 0.3 is 0 Å². The predicted octanol–water partition coefficient (Wildman–Crippen LogP) is 5.04. The molecule has 4 heteroatoms. The molecule has 0 aliphatic heterocycles. The van der Waals surface area contributed by atoms with Crippen molar-refractivity contribution in [2.45, 2.75) is 24.0 Å². The molecule has 0 aromatic heterocycles. The zero-order valence-electron chi connectivity index (χ0n) is 11.4. The minimum absolute atomic E-state index is 0.0602. The second kappa shape index (κ2) is 7.13. The van der Waals surface area contributed by atoms with Gasteiger partial charge in [0, 0.05) is 19.4 Å². The van der Waals surface area contributed by atoms with Crippen molar-refractivity contribution in [1.29, 1.82) is 0 Å². The molecule has 20 heavy (non-hydrogen) atoms. The average molecular weight is 397 g/mol. The van der Waals surface area contributed by atoms with E-state index in [9.17, 15) is 4.79 Å². The van der Waals surface area contributed by atoms with Crippen molar-refractivity contribution in [1.82, 2.24) is 0 Å². The number of amides is 1. The highest BCUT2D eigenvalue weighted by molar-refractivity contribution is 14.1. The van der Waals surface area contributed by atoms with Crippen LogP contribution in [0.1, 0.15) is 24.2 Å². The molecular weight excluding hydrogens is 381 g/mol. The lowest BCUT2D eigenvalue weighted by molar-refractivity contribution is 0.102. The maximum atomic E-state index is 12.4. The number of benzene rings is 2. The molecule has 2 aromatic rings. The van der Waals surface area contributed by atoms with Gasteiger partial charge in [0.1, 0.15) is 0 Å². The van der Waals surface area contributed by atoms with Crippen molar-refractivity contribution >= 4 is 45.9 Å².